The Labute approximate surface area is 313 Å². The van der Waals surface area contributed by atoms with Crippen LogP contribution in [0.25, 0.3) is 0 Å². The van der Waals surface area contributed by atoms with E-state index >= 15 is 0 Å². The lowest BCUT2D eigenvalue weighted by Crippen LogP contribution is -2.59. The second kappa shape index (κ2) is 22.7. The van der Waals surface area contributed by atoms with Crippen molar-refractivity contribution in [2.45, 2.75) is 137 Å². The first-order chi connectivity index (χ1) is 24.5. The molecule has 1 unspecified atom stereocenters. The average Bonchev–Trinajstić information content (AvgIpc) is 3.63. The Hall–Kier alpha value is -3.35. The molecule has 9 atom stereocenters. The lowest BCUT2D eigenvalue weighted by molar-refractivity contribution is -0.147. The minimum atomic E-state index is -0.805. The summed E-state index contributed by atoms with van der Waals surface area (Å²) < 4.78 is 11.8. The normalized spacial score (nSPS) is 18.9. The monoisotopic (exact) mass is 732 g/mol. The third-order valence-electron chi connectivity index (χ3n) is 10.3. The predicted octanol–water partition coefficient (Wildman–Crippen LogP) is 4.44. The molecular weight excluding hydrogens is 662 g/mol. The molecule has 0 saturated carbocycles. The second-order valence-electron chi connectivity index (χ2n) is 14.5. The third kappa shape index (κ3) is 12.4. The maximum absolute atomic E-state index is 14.1. The SMILES string of the molecule is CC.CC[C@H](C)[C@@H]([C@@H](CC(=O)N1CCC[C@H]1[C@H](OC)[C@@H](C)C(=O)N[C@H](C)C(=O)c1ccccc1)OC)N(C)C(=O)C(NC(=O)[C@@H](N)C(C)C)C(C)C. The molecule has 1 aliphatic rings. The van der Waals surface area contributed by atoms with E-state index in [9.17, 15) is 24.0 Å². The maximum atomic E-state index is 14.1. The Kier molecular flexibility index (Phi) is 20.3. The van der Waals surface area contributed by atoms with Crippen molar-refractivity contribution in [2.75, 3.05) is 27.8 Å². The molecular formula is C40H69N5O7. The molecule has 296 valence electrons. The zero-order chi connectivity index (χ0) is 39.9. The van der Waals surface area contributed by atoms with E-state index in [1.165, 1.54) is 7.11 Å². The van der Waals surface area contributed by atoms with Crippen molar-refractivity contribution >= 4 is 29.4 Å². The first kappa shape index (κ1) is 46.7. The second-order valence-corrected chi connectivity index (χ2v) is 14.5. The minimum Gasteiger partial charge on any atom is -0.379 e. The lowest BCUT2D eigenvalue weighted by Gasteiger charge is -2.41. The lowest BCUT2D eigenvalue weighted by atomic mass is 9.89. The largest absolute Gasteiger partial charge is 0.379 e. The number of nitrogens with zero attached hydrogens (tertiary/aromatic N) is 2. The molecule has 4 amide bonds. The number of hydrogen-bond acceptors (Lipinski definition) is 8. The number of carbonyl (C=O) groups is 5. The van der Waals surface area contributed by atoms with Gasteiger partial charge in [-0.2, -0.15) is 0 Å². The smallest absolute Gasteiger partial charge is 0.245 e. The predicted molar refractivity (Wildman–Crippen MR) is 205 cm³/mol. The molecule has 1 fully saturated rings. The minimum absolute atomic E-state index is 0.0101. The van der Waals surface area contributed by atoms with Crippen LogP contribution in [0.2, 0.25) is 0 Å². The van der Waals surface area contributed by atoms with Crippen molar-refractivity contribution in [3.05, 3.63) is 35.9 Å². The van der Waals surface area contributed by atoms with Crippen LogP contribution in [0.5, 0.6) is 0 Å². The van der Waals surface area contributed by atoms with Gasteiger partial charge in [0.1, 0.15) is 6.04 Å². The average molecular weight is 732 g/mol. The summed E-state index contributed by atoms with van der Waals surface area (Å²) in [6.45, 7) is 19.4. The molecule has 0 aliphatic carbocycles. The number of benzene rings is 1. The van der Waals surface area contributed by atoms with Crippen LogP contribution in [0.15, 0.2) is 30.3 Å². The van der Waals surface area contributed by atoms with Gasteiger partial charge in [-0.05, 0) is 37.5 Å². The molecule has 1 heterocycles. The summed E-state index contributed by atoms with van der Waals surface area (Å²) in [6, 6.07) is 5.69. The van der Waals surface area contributed by atoms with Gasteiger partial charge in [0.15, 0.2) is 5.78 Å². The molecule has 1 aromatic rings. The van der Waals surface area contributed by atoms with Gasteiger partial charge in [0.25, 0.3) is 0 Å². The molecule has 12 heteroatoms. The van der Waals surface area contributed by atoms with Crippen molar-refractivity contribution < 1.29 is 33.4 Å². The number of nitrogens with two attached hydrogens (primary N) is 1. The van der Waals surface area contributed by atoms with Crippen LogP contribution < -0.4 is 16.4 Å². The molecule has 0 aromatic heterocycles. The third-order valence-corrected chi connectivity index (χ3v) is 10.3. The molecule has 1 saturated heterocycles. The van der Waals surface area contributed by atoms with Crippen LogP contribution in [-0.4, -0.2) is 109 Å². The maximum Gasteiger partial charge on any atom is 0.245 e. The summed E-state index contributed by atoms with van der Waals surface area (Å²) in [6.07, 6.45) is 0.884. The molecule has 0 radical (unpaired) electrons. The number of hydrogen-bond donors (Lipinski definition) is 3. The van der Waals surface area contributed by atoms with Gasteiger partial charge >= 0.3 is 0 Å². The molecule has 52 heavy (non-hydrogen) atoms. The Morgan fingerprint density at radius 2 is 1.50 bits per heavy atom. The van der Waals surface area contributed by atoms with Crippen molar-refractivity contribution in [2.24, 2.45) is 29.4 Å². The number of rotatable bonds is 19. The Balaban J connectivity index is 0.00000664. The van der Waals surface area contributed by atoms with Gasteiger partial charge < -0.3 is 35.6 Å². The van der Waals surface area contributed by atoms with Crippen molar-refractivity contribution in [1.82, 2.24) is 20.4 Å². The summed E-state index contributed by atoms with van der Waals surface area (Å²) in [5.41, 5.74) is 6.60. The highest BCUT2D eigenvalue weighted by Gasteiger charge is 2.43. The molecule has 12 nitrogen and oxygen atoms in total. The van der Waals surface area contributed by atoms with Gasteiger partial charge in [-0.25, -0.2) is 0 Å². The number of likely N-dealkylation sites (N-methyl/N-ethyl adjacent to an activating group) is 1. The van der Waals surface area contributed by atoms with E-state index in [2.05, 4.69) is 10.6 Å². The number of carbonyl (C=O) groups excluding carboxylic acids is 5. The quantitative estimate of drug-likeness (QED) is 0.176. The number of likely N-dealkylation sites (tertiary alicyclic amines) is 1. The number of Topliss-reactive ketones (excluding diaryl/α,β-unsaturated/α-hetero) is 1. The van der Waals surface area contributed by atoms with Crippen molar-refractivity contribution in [3.63, 3.8) is 0 Å². The molecule has 1 aromatic carbocycles. The summed E-state index contributed by atoms with van der Waals surface area (Å²) in [7, 11) is 4.77. The number of methoxy groups -OCH3 is 2. The number of ketones is 1. The molecule has 0 bridgehead atoms. The van der Waals surface area contributed by atoms with Crippen LogP contribution in [0, 0.1) is 23.7 Å². The highest BCUT2D eigenvalue weighted by Crippen LogP contribution is 2.29. The molecule has 1 aliphatic heterocycles. The van der Waals surface area contributed by atoms with E-state index < -0.39 is 42.3 Å². The van der Waals surface area contributed by atoms with Crippen LogP contribution in [-0.2, 0) is 28.7 Å². The van der Waals surface area contributed by atoms with Gasteiger partial charge in [-0.1, -0.05) is 99.1 Å². The Morgan fingerprint density at radius 3 is 2.00 bits per heavy atom. The van der Waals surface area contributed by atoms with Crippen molar-refractivity contribution in [3.8, 4) is 0 Å². The standard InChI is InChI=1S/C38H63N5O7.C2H6/c1-12-24(6)33(42(9)38(48)32(23(4)5)41-37(47)31(39)22(2)3)29(49-10)21-30(44)43-20-16-19-28(43)35(50-11)25(7)36(46)40-26(8)34(45)27-17-14-13-15-18-27;1-2/h13-15,17-18,22-26,28-29,31-33,35H,12,16,19-21,39H2,1-11H3,(H,40,46)(H,41,47);1-2H3/t24-,25+,26+,28-,29+,31-,32?,33-,35+;/m0./s1. The van der Waals surface area contributed by atoms with Gasteiger partial charge in [-0.15, -0.1) is 0 Å². The zero-order valence-electron chi connectivity index (χ0n) is 34.1. The molecule has 4 N–H and O–H groups in total. The van der Waals surface area contributed by atoms with Crippen LogP contribution in [0.4, 0.5) is 0 Å². The zero-order valence-corrected chi connectivity index (χ0v) is 34.1. The molecule has 2 rings (SSSR count). The van der Waals surface area contributed by atoms with Crippen LogP contribution >= 0.6 is 0 Å². The van der Waals surface area contributed by atoms with Gasteiger partial charge in [-0.3, -0.25) is 24.0 Å². The van der Waals surface area contributed by atoms with E-state index in [0.29, 0.717) is 18.5 Å². The number of ether oxygens (including phenoxy) is 2. The summed E-state index contributed by atoms with van der Waals surface area (Å²) in [4.78, 5) is 70.6. The topological polar surface area (TPSA) is 160 Å². The van der Waals surface area contributed by atoms with Crippen LogP contribution in [0.3, 0.4) is 0 Å². The van der Waals surface area contributed by atoms with E-state index in [4.69, 9.17) is 15.2 Å². The molecule has 0 spiro atoms. The van der Waals surface area contributed by atoms with Gasteiger partial charge in [0.2, 0.25) is 23.6 Å². The first-order valence-electron chi connectivity index (χ1n) is 19.1. The Bertz CT molecular complexity index is 1280. The highest BCUT2D eigenvalue weighted by atomic mass is 16.5. The Morgan fingerprint density at radius 1 is 0.904 bits per heavy atom. The van der Waals surface area contributed by atoms with E-state index in [1.807, 2.05) is 61.5 Å². The summed E-state index contributed by atoms with van der Waals surface area (Å²) in [5.74, 6) is -2.32. The van der Waals surface area contributed by atoms with Crippen molar-refractivity contribution in [1.29, 1.82) is 0 Å². The summed E-state index contributed by atoms with van der Waals surface area (Å²) in [5, 5.41) is 5.70. The number of amides is 4. The highest BCUT2D eigenvalue weighted by molar-refractivity contribution is 6.01. The van der Waals surface area contributed by atoms with Crippen LogP contribution in [0.1, 0.15) is 105 Å². The van der Waals surface area contributed by atoms with E-state index in [-0.39, 0.29) is 59.6 Å². The van der Waals surface area contributed by atoms with Gasteiger partial charge in [0, 0.05) is 33.4 Å². The fourth-order valence-corrected chi connectivity index (χ4v) is 6.85. The summed E-state index contributed by atoms with van der Waals surface area (Å²) >= 11 is 0. The van der Waals surface area contributed by atoms with Gasteiger partial charge in [0.05, 0.1) is 48.7 Å². The van der Waals surface area contributed by atoms with E-state index in [0.717, 1.165) is 12.8 Å². The first-order valence-corrected chi connectivity index (χ1v) is 19.1. The number of nitrogens with one attached hydrogen (secondary N) is 2. The fourth-order valence-electron chi connectivity index (χ4n) is 6.85. The fraction of sp³-hybridized carbons (Fsp3) is 0.725. The van der Waals surface area contributed by atoms with E-state index in [1.54, 1.807) is 62.1 Å².